The Labute approximate surface area is 88.0 Å². The second kappa shape index (κ2) is 4.21. The first-order valence-corrected chi connectivity index (χ1v) is 7.31. The lowest BCUT2D eigenvalue weighted by molar-refractivity contribution is 0.373. The molecule has 0 atom stereocenters. The van der Waals surface area contributed by atoms with Crippen LogP contribution in [0.15, 0.2) is 0 Å². The van der Waals surface area contributed by atoms with Gasteiger partial charge in [-0.1, -0.05) is 20.8 Å². The molecule has 3 heteroatoms. The lowest BCUT2D eigenvalue weighted by Gasteiger charge is -2.17. The quantitative estimate of drug-likeness (QED) is 0.711. The Hall–Kier alpha value is -0.0500. The first-order valence-electron chi connectivity index (χ1n) is 5.49. The summed E-state index contributed by atoms with van der Waals surface area (Å²) >= 11 is 0. The fourth-order valence-electron chi connectivity index (χ4n) is 1.55. The summed E-state index contributed by atoms with van der Waals surface area (Å²) in [4.78, 5) is 0. The smallest absolute Gasteiger partial charge is 0.150 e. The van der Waals surface area contributed by atoms with Crippen LogP contribution in [-0.4, -0.2) is 19.9 Å². The average Bonchev–Trinajstić information content (AvgIpc) is 2.66. The van der Waals surface area contributed by atoms with Crippen molar-refractivity contribution in [1.82, 2.24) is 0 Å². The zero-order valence-corrected chi connectivity index (χ0v) is 10.4. The monoisotopic (exact) mass is 218 g/mol. The van der Waals surface area contributed by atoms with E-state index in [0.717, 1.165) is 25.7 Å². The summed E-state index contributed by atoms with van der Waals surface area (Å²) in [6, 6.07) is 0. The molecule has 0 radical (unpaired) electrons. The van der Waals surface area contributed by atoms with Gasteiger partial charge in [-0.05, 0) is 37.0 Å². The van der Waals surface area contributed by atoms with Crippen molar-refractivity contribution in [1.29, 1.82) is 0 Å². The van der Waals surface area contributed by atoms with Gasteiger partial charge in [-0.2, -0.15) is 0 Å². The van der Waals surface area contributed by atoms with Crippen LogP contribution in [0.4, 0.5) is 0 Å². The number of rotatable bonds is 5. The van der Waals surface area contributed by atoms with E-state index in [-0.39, 0.29) is 5.41 Å². The molecule has 1 rings (SSSR count). The molecule has 1 aliphatic rings. The topological polar surface area (TPSA) is 34.1 Å². The fourth-order valence-corrected chi connectivity index (χ4v) is 3.35. The van der Waals surface area contributed by atoms with Crippen molar-refractivity contribution in [3.63, 3.8) is 0 Å². The molecule has 0 aromatic carbocycles. The van der Waals surface area contributed by atoms with E-state index in [1.165, 1.54) is 0 Å². The van der Waals surface area contributed by atoms with Crippen LogP contribution in [0.2, 0.25) is 0 Å². The highest BCUT2D eigenvalue weighted by molar-refractivity contribution is 7.91. The summed E-state index contributed by atoms with van der Waals surface area (Å²) in [5.74, 6) is 1.33. The summed E-state index contributed by atoms with van der Waals surface area (Å²) in [5.41, 5.74) is 0.259. The highest BCUT2D eigenvalue weighted by Gasteiger charge is 2.27. The normalized spacial score (nSPS) is 18.5. The Morgan fingerprint density at radius 1 is 1.21 bits per heavy atom. The van der Waals surface area contributed by atoms with Crippen LogP contribution in [0.25, 0.3) is 0 Å². The van der Waals surface area contributed by atoms with E-state index in [0.29, 0.717) is 17.4 Å². The summed E-state index contributed by atoms with van der Waals surface area (Å²) in [6.07, 6.45) is 4.06. The summed E-state index contributed by atoms with van der Waals surface area (Å²) in [7, 11) is -2.74. The summed E-state index contributed by atoms with van der Waals surface area (Å²) < 4.78 is 23.1. The Morgan fingerprint density at radius 2 is 1.79 bits per heavy atom. The molecule has 1 saturated carbocycles. The molecule has 0 aliphatic heterocycles. The van der Waals surface area contributed by atoms with Crippen LogP contribution in [-0.2, 0) is 9.84 Å². The van der Waals surface area contributed by atoms with Gasteiger partial charge in [0.1, 0.15) is 0 Å². The number of hydrogen-bond acceptors (Lipinski definition) is 2. The summed E-state index contributed by atoms with van der Waals surface area (Å²) in [5, 5.41) is 0. The third-order valence-electron chi connectivity index (χ3n) is 2.57. The minimum absolute atomic E-state index is 0.259. The van der Waals surface area contributed by atoms with Crippen LogP contribution in [0.5, 0.6) is 0 Å². The van der Waals surface area contributed by atoms with Crippen LogP contribution >= 0.6 is 0 Å². The highest BCUT2D eigenvalue weighted by atomic mass is 32.2. The van der Waals surface area contributed by atoms with Crippen LogP contribution in [0, 0.1) is 11.3 Å². The minimum atomic E-state index is -2.74. The van der Waals surface area contributed by atoms with E-state index in [2.05, 4.69) is 20.8 Å². The molecule has 0 spiro atoms. The minimum Gasteiger partial charge on any atom is -0.229 e. The second-order valence-corrected chi connectivity index (χ2v) is 7.95. The van der Waals surface area contributed by atoms with E-state index in [1.54, 1.807) is 0 Å². The fraction of sp³-hybridized carbons (Fsp3) is 1.00. The molecule has 0 amide bonds. The molecule has 0 bridgehead atoms. The Balaban J connectivity index is 2.22. The molecule has 0 unspecified atom stereocenters. The van der Waals surface area contributed by atoms with Gasteiger partial charge in [0.2, 0.25) is 0 Å². The third-order valence-corrected chi connectivity index (χ3v) is 4.46. The molecule has 84 valence electrons. The van der Waals surface area contributed by atoms with E-state index < -0.39 is 9.84 Å². The zero-order chi connectivity index (χ0) is 10.8. The number of hydrogen-bond donors (Lipinski definition) is 0. The molecule has 1 aliphatic carbocycles. The largest absolute Gasteiger partial charge is 0.229 e. The van der Waals surface area contributed by atoms with Crippen molar-refractivity contribution in [2.45, 2.75) is 46.5 Å². The van der Waals surface area contributed by atoms with Gasteiger partial charge in [0.05, 0.1) is 11.5 Å². The maximum Gasteiger partial charge on any atom is 0.150 e. The van der Waals surface area contributed by atoms with Gasteiger partial charge in [-0.3, -0.25) is 0 Å². The predicted octanol–water partition coefficient (Wildman–Crippen LogP) is 2.64. The SMILES string of the molecule is CC(C)(C)CCCS(=O)(=O)CC1CC1. The van der Waals surface area contributed by atoms with Crippen molar-refractivity contribution < 1.29 is 8.42 Å². The molecular weight excluding hydrogens is 196 g/mol. The lowest BCUT2D eigenvalue weighted by atomic mass is 9.91. The van der Waals surface area contributed by atoms with E-state index in [9.17, 15) is 8.42 Å². The standard InChI is InChI=1S/C11H22O2S/c1-11(2,3)7-4-8-14(12,13)9-10-5-6-10/h10H,4-9H2,1-3H3. The van der Waals surface area contributed by atoms with Gasteiger partial charge in [0.15, 0.2) is 9.84 Å². The van der Waals surface area contributed by atoms with E-state index in [4.69, 9.17) is 0 Å². The van der Waals surface area contributed by atoms with Crippen molar-refractivity contribution in [3.8, 4) is 0 Å². The lowest BCUT2D eigenvalue weighted by Crippen LogP contribution is -2.15. The van der Waals surface area contributed by atoms with Crippen molar-refractivity contribution >= 4 is 9.84 Å². The van der Waals surface area contributed by atoms with Gasteiger partial charge in [0, 0.05) is 0 Å². The van der Waals surface area contributed by atoms with Crippen LogP contribution in [0.3, 0.4) is 0 Å². The molecule has 1 fully saturated rings. The Morgan fingerprint density at radius 3 is 2.21 bits per heavy atom. The maximum absolute atomic E-state index is 11.6. The highest BCUT2D eigenvalue weighted by Crippen LogP contribution is 2.31. The molecule has 0 heterocycles. The van der Waals surface area contributed by atoms with Gasteiger partial charge in [0.25, 0.3) is 0 Å². The third kappa shape index (κ3) is 5.63. The van der Waals surface area contributed by atoms with Gasteiger partial charge in [-0.15, -0.1) is 0 Å². The second-order valence-electron chi connectivity index (χ2n) is 5.72. The van der Waals surface area contributed by atoms with Crippen LogP contribution < -0.4 is 0 Å². The molecule has 0 saturated heterocycles. The van der Waals surface area contributed by atoms with Crippen molar-refractivity contribution in [2.75, 3.05) is 11.5 Å². The van der Waals surface area contributed by atoms with Gasteiger partial charge < -0.3 is 0 Å². The van der Waals surface area contributed by atoms with Gasteiger partial charge in [-0.25, -0.2) is 8.42 Å². The summed E-state index contributed by atoms with van der Waals surface area (Å²) in [6.45, 7) is 6.46. The van der Waals surface area contributed by atoms with Crippen molar-refractivity contribution in [2.24, 2.45) is 11.3 Å². The molecule has 0 N–H and O–H groups in total. The van der Waals surface area contributed by atoms with E-state index >= 15 is 0 Å². The molecular formula is C11H22O2S. The van der Waals surface area contributed by atoms with Crippen LogP contribution in [0.1, 0.15) is 46.5 Å². The molecule has 2 nitrogen and oxygen atoms in total. The Kier molecular flexibility index (Phi) is 3.62. The van der Waals surface area contributed by atoms with Gasteiger partial charge >= 0.3 is 0 Å². The maximum atomic E-state index is 11.6. The molecule has 0 aromatic heterocycles. The Bertz CT molecular complexity index is 268. The zero-order valence-electron chi connectivity index (χ0n) is 9.54. The first kappa shape index (κ1) is 12.0. The average molecular weight is 218 g/mol. The first-order chi connectivity index (χ1) is 6.29. The molecule has 14 heavy (non-hydrogen) atoms. The predicted molar refractivity (Wildman–Crippen MR) is 60.1 cm³/mol. The van der Waals surface area contributed by atoms with Crippen molar-refractivity contribution in [3.05, 3.63) is 0 Å². The van der Waals surface area contributed by atoms with E-state index in [1.807, 2.05) is 0 Å². The number of sulfone groups is 1. The molecule has 0 aromatic rings.